The molecular formula is C13H16N2O4. The molecule has 102 valence electrons. The van der Waals surface area contributed by atoms with Crippen molar-refractivity contribution in [2.24, 2.45) is 11.8 Å². The van der Waals surface area contributed by atoms with Gasteiger partial charge in [-0.1, -0.05) is 0 Å². The average molecular weight is 264 g/mol. The molecule has 19 heavy (non-hydrogen) atoms. The van der Waals surface area contributed by atoms with Crippen LogP contribution in [0.25, 0.3) is 0 Å². The van der Waals surface area contributed by atoms with Gasteiger partial charge in [0.05, 0.1) is 18.4 Å². The van der Waals surface area contributed by atoms with Gasteiger partial charge in [-0.3, -0.25) is 14.4 Å². The molecule has 0 aromatic rings. The summed E-state index contributed by atoms with van der Waals surface area (Å²) in [6.45, 7) is 1.90. The summed E-state index contributed by atoms with van der Waals surface area (Å²) in [4.78, 5) is 36.7. The molecule has 2 aliphatic rings. The highest BCUT2D eigenvalue weighted by Gasteiger charge is 2.47. The molecule has 0 N–H and O–H groups in total. The minimum absolute atomic E-state index is 0.0349. The van der Waals surface area contributed by atoms with E-state index in [0.29, 0.717) is 0 Å². The maximum atomic E-state index is 12.3. The topological polar surface area (TPSA) is 87.5 Å². The van der Waals surface area contributed by atoms with Crippen LogP contribution in [0, 0.1) is 23.3 Å². The number of ketones is 1. The number of ether oxygens (including phenoxy) is 1. The van der Waals surface area contributed by atoms with Crippen LogP contribution in [0.5, 0.6) is 0 Å². The molecule has 6 heteroatoms. The lowest BCUT2D eigenvalue weighted by Gasteiger charge is -2.21. The Kier molecular flexibility index (Phi) is 3.84. The van der Waals surface area contributed by atoms with Crippen molar-refractivity contribution >= 4 is 17.7 Å². The van der Waals surface area contributed by atoms with Crippen molar-refractivity contribution in [1.82, 2.24) is 4.90 Å². The molecule has 2 aliphatic carbocycles. The van der Waals surface area contributed by atoms with E-state index in [0.717, 1.165) is 17.7 Å². The lowest BCUT2D eigenvalue weighted by molar-refractivity contribution is -0.153. The smallest absolute Gasteiger partial charge is 0.310 e. The summed E-state index contributed by atoms with van der Waals surface area (Å²) in [6, 6.07) is -0.0453. The van der Waals surface area contributed by atoms with E-state index in [4.69, 9.17) is 10.00 Å². The predicted molar refractivity (Wildman–Crippen MR) is 63.3 cm³/mol. The Labute approximate surface area is 111 Å². The molecule has 2 atom stereocenters. The lowest BCUT2D eigenvalue weighted by Crippen LogP contribution is -2.38. The van der Waals surface area contributed by atoms with Crippen LogP contribution in [-0.4, -0.2) is 35.2 Å². The van der Waals surface area contributed by atoms with Gasteiger partial charge in [0.15, 0.2) is 6.19 Å². The molecule has 0 aromatic heterocycles. The fourth-order valence-corrected chi connectivity index (χ4v) is 2.44. The summed E-state index contributed by atoms with van der Waals surface area (Å²) in [6.07, 6.45) is 3.56. The second-order valence-corrected chi connectivity index (χ2v) is 4.95. The minimum atomic E-state index is -0.730. The van der Waals surface area contributed by atoms with Gasteiger partial charge in [-0.05, 0) is 19.8 Å². The second-order valence-electron chi connectivity index (χ2n) is 4.95. The Morgan fingerprint density at radius 2 is 2.00 bits per heavy atom. The highest BCUT2D eigenvalue weighted by Crippen LogP contribution is 2.35. The summed E-state index contributed by atoms with van der Waals surface area (Å²) in [5, 5.41) is 9.02. The molecule has 0 bridgehead atoms. The molecule has 2 saturated carbocycles. The Morgan fingerprint density at radius 3 is 2.53 bits per heavy atom. The number of rotatable bonds is 4. The number of Topliss-reactive ketones (excluding diaryl/α,β-unsaturated/α-hetero) is 1. The summed E-state index contributed by atoms with van der Waals surface area (Å²) >= 11 is 0. The summed E-state index contributed by atoms with van der Waals surface area (Å²) in [7, 11) is 0. The third-order valence-corrected chi connectivity index (χ3v) is 3.54. The molecule has 2 rings (SSSR count). The van der Waals surface area contributed by atoms with Crippen LogP contribution in [0.1, 0.15) is 32.6 Å². The first-order chi connectivity index (χ1) is 9.08. The zero-order valence-electron chi connectivity index (χ0n) is 10.8. The Morgan fingerprint density at radius 1 is 1.37 bits per heavy atom. The van der Waals surface area contributed by atoms with Crippen LogP contribution in [0.4, 0.5) is 0 Å². The molecule has 2 unspecified atom stereocenters. The van der Waals surface area contributed by atoms with Crippen LogP contribution in [0.3, 0.4) is 0 Å². The van der Waals surface area contributed by atoms with Crippen molar-refractivity contribution in [1.29, 1.82) is 5.26 Å². The first-order valence-corrected chi connectivity index (χ1v) is 6.49. The van der Waals surface area contributed by atoms with Gasteiger partial charge in [0.1, 0.15) is 5.78 Å². The van der Waals surface area contributed by atoms with Gasteiger partial charge in [-0.15, -0.1) is 0 Å². The molecular weight excluding hydrogens is 248 g/mol. The van der Waals surface area contributed by atoms with E-state index in [9.17, 15) is 14.4 Å². The molecule has 2 fully saturated rings. The molecule has 0 heterocycles. The van der Waals surface area contributed by atoms with Crippen LogP contribution >= 0.6 is 0 Å². The normalized spacial score (nSPS) is 25.8. The zero-order chi connectivity index (χ0) is 14.0. The zero-order valence-corrected chi connectivity index (χ0v) is 10.8. The van der Waals surface area contributed by atoms with Crippen molar-refractivity contribution in [3.05, 3.63) is 0 Å². The number of amides is 1. The number of nitriles is 1. The SMILES string of the molecule is CCOC(=O)C1CC(=O)CC1C(=O)N(C#N)C1CC1. The van der Waals surface area contributed by atoms with Crippen molar-refractivity contribution in [2.75, 3.05) is 6.61 Å². The Balaban J connectivity index is 2.11. The van der Waals surface area contributed by atoms with Gasteiger partial charge in [-0.25, -0.2) is 4.90 Å². The molecule has 0 saturated heterocycles. The van der Waals surface area contributed by atoms with Crippen LogP contribution < -0.4 is 0 Å². The van der Waals surface area contributed by atoms with E-state index >= 15 is 0 Å². The standard InChI is InChI=1S/C13H16N2O4/c1-2-19-13(18)11-6-9(16)5-10(11)12(17)15(7-14)8-3-4-8/h8,10-11H,2-6H2,1H3. The quantitative estimate of drug-likeness (QED) is 0.422. The largest absolute Gasteiger partial charge is 0.466 e. The Bertz CT molecular complexity index is 450. The van der Waals surface area contributed by atoms with Gasteiger partial charge < -0.3 is 4.74 Å². The highest BCUT2D eigenvalue weighted by atomic mass is 16.5. The minimum Gasteiger partial charge on any atom is -0.466 e. The monoisotopic (exact) mass is 264 g/mol. The summed E-state index contributed by atoms with van der Waals surface area (Å²) in [5.41, 5.74) is 0. The van der Waals surface area contributed by atoms with E-state index < -0.39 is 23.7 Å². The highest BCUT2D eigenvalue weighted by molar-refractivity contribution is 5.97. The molecule has 0 aromatic carbocycles. The van der Waals surface area contributed by atoms with Gasteiger partial charge in [0, 0.05) is 18.9 Å². The van der Waals surface area contributed by atoms with E-state index in [2.05, 4.69) is 0 Å². The Hall–Kier alpha value is -1.90. The van der Waals surface area contributed by atoms with Crippen molar-refractivity contribution < 1.29 is 19.1 Å². The van der Waals surface area contributed by atoms with Gasteiger partial charge in [0.2, 0.25) is 5.91 Å². The third-order valence-electron chi connectivity index (χ3n) is 3.54. The number of carbonyl (C=O) groups is 3. The number of esters is 1. The number of carbonyl (C=O) groups excluding carboxylic acids is 3. The third kappa shape index (κ3) is 2.75. The first kappa shape index (κ1) is 13.5. The van der Waals surface area contributed by atoms with E-state index in [1.807, 2.05) is 6.19 Å². The predicted octanol–water partition coefficient (Wildman–Crippen LogP) is 0.617. The van der Waals surface area contributed by atoms with Gasteiger partial charge in [0.25, 0.3) is 0 Å². The summed E-state index contributed by atoms with van der Waals surface area (Å²) in [5.74, 6) is -2.50. The molecule has 6 nitrogen and oxygen atoms in total. The first-order valence-electron chi connectivity index (χ1n) is 6.49. The summed E-state index contributed by atoms with van der Waals surface area (Å²) < 4.78 is 4.90. The van der Waals surface area contributed by atoms with Crippen LogP contribution in [0.2, 0.25) is 0 Å². The van der Waals surface area contributed by atoms with E-state index in [1.165, 1.54) is 0 Å². The van der Waals surface area contributed by atoms with E-state index in [1.54, 1.807) is 6.92 Å². The molecule has 1 amide bonds. The maximum Gasteiger partial charge on any atom is 0.310 e. The van der Waals surface area contributed by atoms with Crippen LogP contribution in [0.15, 0.2) is 0 Å². The van der Waals surface area contributed by atoms with Gasteiger partial charge >= 0.3 is 5.97 Å². The maximum absolute atomic E-state index is 12.3. The second kappa shape index (κ2) is 5.39. The van der Waals surface area contributed by atoms with Crippen molar-refractivity contribution in [3.63, 3.8) is 0 Å². The number of hydrogen-bond acceptors (Lipinski definition) is 5. The molecule has 0 spiro atoms. The molecule has 0 aliphatic heterocycles. The fourth-order valence-electron chi connectivity index (χ4n) is 2.44. The molecule has 0 radical (unpaired) electrons. The van der Waals surface area contributed by atoms with Gasteiger partial charge in [-0.2, -0.15) is 5.26 Å². The van der Waals surface area contributed by atoms with Crippen molar-refractivity contribution in [2.45, 2.75) is 38.6 Å². The average Bonchev–Trinajstić information content (AvgIpc) is 3.12. The number of hydrogen-bond donors (Lipinski definition) is 0. The van der Waals surface area contributed by atoms with E-state index in [-0.39, 0.29) is 31.3 Å². The van der Waals surface area contributed by atoms with Crippen molar-refractivity contribution in [3.8, 4) is 6.19 Å². The lowest BCUT2D eigenvalue weighted by atomic mass is 9.94. The van der Waals surface area contributed by atoms with Crippen LogP contribution in [-0.2, 0) is 19.1 Å². The number of nitrogens with zero attached hydrogens (tertiary/aromatic N) is 2. The fraction of sp³-hybridized carbons (Fsp3) is 0.692.